The van der Waals surface area contributed by atoms with Gasteiger partial charge in [-0.05, 0) is 61.4 Å². The van der Waals surface area contributed by atoms with E-state index in [0.29, 0.717) is 22.0 Å². The van der Waals surface area contributed by atoms with Crippen LogP contribution in [0.4, 0.5) is 0 Å². The highest BCUT2D eigenvalue weighted by Crippen LogP contribution is 2.21. The van der Waals surface area contributed by atoms with Crippen molar-refractivity contribution in [2.45, 2.75) is 25.3 Å². The molecular formula is C18H17ClN4O4S. The molecule has 8 nitrogen and oxygen atoms in total. The summed E-state index contributed by atoms with van der Waals surface area (Å²) in [6.45, 7) is 3.32. The summed E-state index contributed by atoms with van der Waals surface area (Å²) in [6.07, 6.45) is 0. The Morgan fingerprint density at radius 1 is 1.21 bits per heavy atom. The number of carbonyl (C=O) groups is 1. The van der Waals surface area contributed by atoms with E-state index in [-0.39, 0.29) is 22.9 Å². The van der Waals surface area contributed by atoms with Crippen LogP contribution in [0.5, 0.6) is 0 Å². The highest BCUT2D eigenvalue weighted by Gasteiger charge is 2.18. The van der Waals surface area contributed by atoms with Crippen molar-refractivity contribution >= 4 is 27.5 Å². The molecule has 0 unspecified atom stereocenters. The molecule has 0 aliphatic heterocycles. The lowest BCUT2D eigenvalue weighted by Gasteiger charge is -2.10. The van der Waals surface area contributed by atoms with E-state index in [1.165, 1.54) is 6.07 Å². The van der Waals surface area contributed by atoms with Gasteiger partial charge in [0.05, 0.1) is 11.4 Å². The number of nitrogens with one attached hydrogen (secondary N) is 1. The van der Waals surface area contributed by atoms with Crippen molar-refractivity contribution < 1.29 is 17.7 Å². The zero-order valence-electron chi connectivity index (χ0n) is 15.1. The van der Waals surface area contributed by atoms with Crippen LogP contribution in [-0.2, 0) is 16.6 Å². The Kier molecular flexibility index (Phi) is 5.50. The molecule has 0 spiro atoms. The maximum atomic E-state index is 12.4. The third-order valence-electron chi connectivity index (χ3n) is 4.16. The van der Waals surface area contributed by atoms with Gasteiger partial charge in [-0.25, -0.2) is 13.6 Å². The maximum absolute atomic E-state index is 12.4. The van der Waals surface area contributed by atoms with Crippen molar-refractivity contribution in [3.8, 4) is 11.4 Å². The Morgan fingerprint density at radius 2 is 1.89 bits per heavy atom. The summed E-state index contributed by atoms with van der Waals surface area (Å²) in [5.41, 5.74) is 2.03. The van der Waals surface area contributed by atoms with Gasteiger partial charge in [0, 0.05) is 16.1 Å². The lowest BCUT2D eigenvalue weighted by atomic mass is 10.1. The molecule has 2 aromatic carbocycles. The van der Waals surface area contributed by atoms with E-state index in [4.69, 9.17) is 21.3 Å². The van der Waals surface area contributed by atoms with Gasteiger partial charge in [0.2, 0.25) is 21.7 Å². The minimum atomic E-state index is -3.94. The van der Waals surface area contributed by atoms with Crippen molar-refractivity contribution in [3.05, 3.63) is 64.0 Å². The average molecular weight is 421 g/mol. The molecule has 1 heterocycles. The van der Waals surface area contributed by atoms with Crippen LogP contribution < -0.4 is 10.5 Å². The van der Waals surface area contributed by atoms with Crippen molar-refractivity contribution in [1.29, 1.82) is 0 Å². The summed E-state index contributed by atoms with van der Waals surface area (Å²) < 4.78 is 28.6. The van der Waals surface area contributed by atoms with Gasteiger partial charge < -0.3 is 9.84 Å². The Bertz CT molecular complexity index is 1140. The molecule has 146 valence electrons. The van der Waals surface area contributed by atoms with E-state index in [9.17, 15) is 13.2 Å². The first-order valence-electron chi connectivity index (χ1n) is 8.16. The van der Waals surface area contributed by atoms with E-state index in [1.807, 2.05) is 0 Å². The molecule has 0 saturated carbocycles. The quantitative estimate of drug-likeness (QED) is 0.652. The number of amides is 1. The number of aromatic nitrogens is 2. The number of halogens is 1. The number of hydrogen-bond acceptors (Lipinski definition) is 6. The molecule has 0 saturated heterocycles. The number of nitrogens with two attached hydrogens (primary N) is 1. The molecule has 0 fully saturated rings. The second-order valence-corrected chi connectivity index (χ2v) is 8.13. The van der Waals surface area contributed by atoms with E-state index in [1.54, 1.807) is 44.2 Å². The summed E-state index contributed by atoms with van der Waals surface area (Å²) in [5.74, 6) is 0.0802. The number of benzene rings is 2. The number of carbonyl (C=O) groups excluding carboxylic acids is 1. The third-order valence-corrected chi connectivity index (χ3v) is 5.45. The minimum Gasteiger partial charge on any atom is -0.343 e. The zero-order valence-corrected chi connectivity index (χ0v) is 16.6. The number of primary sulfonamides is 1. The van der Waals surface area contributed by atoms with E-state index < -0.39 is 15.9 Å². The van der Waals surface area contributed by atoms with Gasteiger partial charge in [-0.3, -0.25) is 4.79 Å². The Hall–Kier alpha value is -2.75. The molecule has 10 heteroatoms. The molecule has 3 rings (SSSR count). The summed E-state index contributed by atoms with van der Waals surface area (Å²) in [6, 6.07) is 9.75. The van der Waals surface area contributed by atoms with E-state index in [2.05, 4.69) is 15.5 Å². The highest BCUT2D eigenvalue weighted by molar-refractivity contribution is 7.89. The average Bonchev–Trinajstić information content (AvgIpc) is 3.10. The Balaban J connectivity index is 1.75. The lowest BCUT2D eigenvalue weighted by molar-refractivity contribution is 0.0946. The van der Waals surface area contributed by atoms with Crippen molar-refractivity contribution in [1.82, 2.24) is 15.5 Å². The fourth-order valence-electron chi connectivity index (χ4n) is 2.55. The Labute approximate surface area is 166 Å². The second kappa shape index (κ2) is 7.70. The first-order chi connectivity index (χ1) is 13.1. The van der Waals surface area contributed by atoms with E-state index in [0.717, 1.165) is 5.56 Å². The minimum absolute atomic E-state index is 0.0168. The molecule has 3 N–H and O–H groups in total. The van der Waals surface area contributed by atoms with Gasteiger partial charge in [-0.1, -0.05) is 16.8 Å². The molecule has 0 bridgehead atoms. The van der Waals surface area contributed by atoms with Crippen LogP contribution >= 0.6 is 11.6 Å². The monoisotopic (exact) mass is 420 g/mol. The molecule has 0 atom stereocenters. The number of aryl methyl sites for hydroxylation is 1. The van der Waals surface area contributed by atoms with Crippen molar-refractivity contribution in [2.75, 3.05) is 0 Å². The van der Waals surface area contributed by atoms with Gasteiger partial charge in [0.25, 0.3) is 5.91 Å². The topological polar surface area (TPSA) is 128 Å². The standard InChI is InChI=1S/C18H17ClN4O4S/c1-10-7-13(8-15(11(10)2)28(20,25)26)18(24)21-9-16-22-17(23-27-16)12-3-5-14(19)6-4-12/h3-8H,9H2,1-2H3,(H,21,24)(H2,20,25,26). The number of rotatable bonds is 5. The van der Waals surface area contributed by atoms with Crippen molar-refractivity contribution in [3.63, 3.8) is 0 Å². The van der Waals surface area contributed by atoms with Gasteiger partial charge >= 0.3 is 0 Å². The number of hydrogen-bond donors (Lipinski definition) is 2. The first kappa shape index (κ1) is 20.0. The van der Waals surface area contributed by atoms with Gasteiger partial charge in [-0.15, -0.1) is 0 Å². The molecule has 0 aliphatic carbocycles. The number of nitrogens with zero attached hydrogens (tertiary/aromatic N) is 2. The lowest BCUT2D eigenvalue weighted by Crippen LogP contribution is -2.24. The molecule has 3 aromatic rings. The number of sulfonamides is 1. The highest BCUT2D eigenvalue weighted by atomic mass is 35.5. The summed E-state index contributed by atoms with van der Waals surface area (Å²) >= 11 is 5.85. The predicted octanol–water partition coefficient (Wildman–Crippen LogP) is 2.58. The zero-order chi connectivity index (χ0) is 20.5. The maximum Gasteiger partial charge on any atom is 0.251 e. The third kappa shape index (κ3) is 4.38. The van der Waals surface area contributed by atoms with Gasteiger partial charge in [-0.2, -0.15) is 4.98 Å². The van der Waals surface area contributed by atoms with Crippen LogP contribution in [0.1, 0.15) is 27.4 Å². The fraction of sp³-hybridized carbons (Fsp3) is 0.167. The molecule has 28 heavy (non-hydrogen) atoms. The van der Waals surface area contributed by atoms with Gasteiger partial charge in [0.15, 0.2) is 0 Å². The second-order valence-electron chi connectivity index (χ2n) is 6.16. The molecule has 1 aromatic heterocycles. The van der Waals surface area contributed by atoms with Crippen molar-refractivity contribution in [2.24, 2.45) is 5.14 Å². The van der Waals surface area contributed by atoms with Gasteiger partial charge in [0.1, 0.15) is 0 Å². The SMILES string of the molecule is Cc1cc(C(=O)NCc2nc(-c3ccc(Cl)cc3)no2)cc(S(N)(=O)=O)c1C. The summed E-state index contributed by atoms with van der Waals surface area (Å²) in [4.78, 5) is 16.6. The van der Waals surface area contributed by atoms with Crippen LogP contribution in [0.2, 0.25) is 5.02 Å². The fourth-order valence-corrected chi connectivity index (χ4v) is 3.56. The molecule has 1 amide bonds. The summed E-state index contributed by atoms with van der Waals surface area (Å²) in [7, 11) is -3.94. The first-order valence-corrected chi connectivity index (χ1v) is 10.1. The van der Waals surface area contributed by atoms with E-state index >= 15 is 0 Å². The van der Waals surface area contributed by atoms with Crippen LogP contribution in [0.25, 0.3) is 11.4 Å². The molecule has 0 aliphatic rings. The smallest absolute Gasteiger partial charge is 0.251 e. The Morgan fingerprint density at radius 3 is 2.54 bits per heavy atom. The molecule has 0 radical (unpaired) electrons. The normalized spacial score (nSPS) is 11.4. The summed E-state index contributed by atoms with van der Waals surface area (Å²) in [5, 5.41) is 12.3. The molecular weight excluding hydrogens is 404 g/mol. The van der Waals surface area contributed by atoms with Crippen LogP contribution in [0.3, 0.4) is 0 Å². The van der Waals surface area contributed by atoms with Crippen LogP contribution in [-0.4, -0.2) is 24.5 Å². The predicted molar refractivity (Wildman–Crippen MR) is 103 cm³/mol. The van der Waals surface area contributed by atoms with Crippen LogP contribution in [0.15, 0.2) is 45.8 Å². The van der Waals surface area contributed by atoms with Crippen LogP contribution in [0, 0.1) is 13.8 Å². The largest absolute Gasteiger partial charge is 0.343 e.